The van der Waals surface area contributed by atoms with Crippen LogP contribution in [0.5, 0.6) is 0 Å². The molecule has 5 nitrogen and oxygen atoms in total. The highest BCUT2D eigenvalue weighted by Gasteiger charge is 2.26. The summed E-state index contributed by atoms with van der Waals surface area (Å²) in [7, 11) is 0. The Morgan fingerprint density at radius 3 is 2.43 bits per heavy atom. The van der Waals surface area contributed by atoms with Gasteiger partial charge in [0.15, 0.2) is 0 Å². The van der Waals surface area contributed by atoms with Crippen LogP contribution in [-0.2, 0) is 9.59 Å². The SMILES string of the molecule is CCCC[C@H](NC(=O)C(C)C(N)c1ccccc1)C(=O)O. The molecule has 5 heteroatoms. The van der Waals surface area contributed by atoms with Gasteiger partial charge in [0.05, 0.1) is 5.92 Å². The first-order valence-electron chi connectivity index (χ1n) is 7.31. The van der Waals surface area contributed by atoms with Gasteiger partial charge in [0.2, 0.25) is 5.91 Å². The van der Waals surface area contributed by atoms with Crippen LogP contribution in [0.15, 0.2) is 30.3 Å². The third-order valence-electron chi connectivity index (χ3n) is 3.60. The summed E-state index contributed by atoms with van der Waals surface area (Å²) in [4.78, 5) is 23.3. The second-order valence-corrected chi connectivity index (χ2v) is 5.27. The van der Waals surface area contributed by atoms with E-state index in [4.69, 9.17) is 10.8 Å². The molecular weight excluding hydrogens is 268 g/mol. The van der Waals surface area contributed by atoms with Gasteiger partial charge in [0.25, 0.3) is 0 Å². The van der Waals surface area contributed by atoms with Crippen molar-refractivity contribution in [1.82, 2.24) is 5.32 Å². The molecule has 3 atom stereocenters. The first kappa shape index (κ1) is 17.2. The highest BCUT2D eigenvalue weighted by molar-refractivity contribution is 5.85. The number of amides is 1. The number of unbranched alkanes of at least 4 members (excludes halogenated alkanes) is 1. The number of carboxylic acid groups (broad SMARTS) is 1. The number of aliphatic carboxylic acids is 1. The topological polar surface area (TPSA) is 92.4 Å². The Kier molecular flexibility index (Phi) is 6.88. The first-order valence-corrected chi connectivity index (χ1v) is 7.31. The van der Waals surface area contributed by atoms with E-state index in [1.165, 1.54) is 0 Å². The highest BCUT2D eigenvalue weighted by Crippen LogP contribution is 2.19. The summed E-state index contributed by atoms with van der Waals surface area (Å²) in [5.41, 5.74) is 6.94. The van der Waals surface area contributed by atoms with E-state index in [-0.39, 0.29) is 5.91 Å². The Bertz CT molecular complexity index is 462. The summed E-state index contributed by atoms with van der Waals surface area (Å²) in [5, 5.41) is 11.7. The quantitative estimate of drug-likeness (QED) is 0.684. The van der Waals surface area contributed by atoms with Crippen molar-refractivity contribution in [2.24, 2.45) is 11.7 Å². The summed E-state index contributed by atoms with van der Waals surface area (Å²) in [6, 6.07) is 8.03. The van der Waals surface area contributed by atoms with Crippen molar-refractivity contribution < 1.29 is 14.7 Å². The zero-order valence-electron chi connectivity index (χ0n) is 12.6. The zero-order valence-corrected chi connectivity index (χ0v) is 12.6. The number of nitrogens with one attached hydrogen (secondary N) is 1. The van der Waals surface area contributed by atoms with Crippen molar-refractivity contribution in [2.45, 2.75) is 45.2 Å². The Balaban J connectivity index is 2.66. The number of carbonyl (C=O) groups is 2. The smallest absolute Gasteiger partial charge is 0.326 e. The molecule has 4 N–H and O–H groups in total. The molecule has 1 amide bonds. The number of hydrogen-bond donors (Lipinski definition) is 3. The lowest BCUT2D eigenvalue weighted by molar-refractivity contribution is -0.142. The lowest BCUT2D eigenvalue weighted by atomic mass is 9.94. The second kappa shape index (κ2) is 8.42. The van der Waals surface area contributed by atoms with Gasteiger partial charge < -0.3 is 16.2 Å². The van der Waals surface area contributed by atoms with Crippen molar-refractivity contribution in [3.63, 3.8) is 0 Å². The lowest BCUT2D eigenvalue weighted by Crippen LogP contribution is -2.45. The van der Waals surface area contributed by atoms with Crippen LogP contribution in [0.1, 0.15) is 44.7 Å². The molecule has 0 saturated carbocycles. The van der Waals surface area contributed by atoms with Crippen molar-refractivity contribution in [3.05, 3.63) is 35.9 Å². The standard InChI is InChI=1S/C16H24N2O3/c1-3-4-10-13(16(20)21)18-15(19)11(2)14(17)12-8-6-5-7-9-12/h5-9,11,13-14H,3-4,10,17H2,1-2H3,(H,18,19)(H,20,21)/t11?,13-,14?/m0/s1. The monoisotopic (exact) mass is 292 g/mol. The van der Waals surface area contributed by atoms with E-state index in [0.717, 1.165) is 18.4 Å². The first-order chi connectivity index (χ1) is 9.97. The Labute approximate surface area is 125 Å². The van der Waals surface area contributed by atoms with Crippen LogP contribution in [0.25, 0.3) is 0 Å². The van der Waals surface area contributed by atoms with Crippen LogP contribution in [-0.4, -0.2) is 23.0 Å². The van der Waals surface area contributed by atoms with Gasteiger partial charge in [-0.3, -0.25) is 4.79 Å². The second-order valence-electron chi connectivity index (χ2n) is 5.27. The molecule has 1 rings (SSSR count). The average molecular weight is 292 g/mol. The minimum atomic E-state index is -1.00. The van der Waals surface area contributed by atoms with E-state index < -0.39 is 24.0 Å². The van der Waals surface area contributed by atoms with E-state index >= 15 is 0 Å². The predicted octanol–water partition coefficient (Wildman–Crippen LogP) is 2.08. The van der Waals surface area contributed by atoms with Crippen molar-refractivity contribution in [3.8, 4) is 0 Å². The molecule has 2 unspecified atom stereocenters. The highest BCUT2D eigenvalue weighted by atomic mass is 16.4. The van der Waals surface area contributed by atoms with Gasteiger partial charge in [-0.05, 0) is 12.0 Å². The lowest BCUT2D eigenvalue weighted by Gasteiger charge is -2.22. The molecule has 1 aromatic carbocycles. The number of hydrogen-bond acceptors (Lipinski definition) is 3. The van der Waals surface area contributed by atoms with Crippen LogP contribution in [0.2, 0.25) is 0 Å². The van der Waals surface area contributed by atoms with Gasteiger partial charge in [-0.1, -0.05) is 57.0 Å². The van der Waals surface area contributed by atoms with Crippen LogP contribution in [0.4, 0.5) is 0 Å². The average Bonchev–Trinajstić information content (AvgIpc) is 2.50. The fraction of sp³-hybridized carbons (Fsp3) is 0.500. The van der Waals surface area contributed by atoms with E-state index in [1.807, 2.05) is 37.3 Å². The molecule has 0 aliphatic carbocycles. The van der Waals surface area contributed by atoms with Gasteiger partial charge in [-0.15, -0.1) is 0 Å². The molecule has 0 radical (unpaired) electrons. The summed E-state index contributed by atoms with van der Waals surface area (Å²) < 4.78 is 0. The van der Waals surface area contributed by atoms with E-state index in [1.54, 1.807) is 6.92 Å². The maximum absolute atomic E-state index is 12.2. The summed E-state index contributed by atoms with van der Waals surface area (Å²) in [5.74, 6) is -1.82. The largest absolute Gasteiger partial charge is 0.480 e. The molecular formula is C16H24N2O3. The van der Waals surface area contributed by atoms with Crippen molar-refractivity contribution in [2.75, 3.05) is 0 Å². The third kappa shape index (κ3) is 5.19. The molecule has 0 fully saturated rings. The minimum absolute atomic E-state index is 0.324. The number of nitrogens with two attached hydrogens (primary N) is 1. The molecule has 0 aliphatic rings. The van der Waals surface area contributed by atoms with Gasteiger partial charge in [0, 0.05) is 6.04 Å². The fourth-order valence-electron chi connectivity index (χ4n) is 2.10. The molecule has 0 bridgehead atoms. The van der Waals surface area contributed by atoms with E-state index in [0.29, 0.717) is 6.42 Å². The molecule has 0 aliphatic heterocycles. The summed E-state index contributed by atoms with van der Waals surface area (Å²) in [6.07, 6.45) is 2.08. The molecule has 1 aromatic rings. The maximum Gasteiger partial charge on any atom is 0.326 e. The Hall–Kier alpha value is -1.88. The molecule has 21 heavy (non-hydrogen) atoms. The van der Waals surface area contributed by atoms with E-state index in [9.17, 15) is 9.59 Å². The minimum Gasteiger partial charge on any atom is -0.480 e. The van der Waals surface area contributed by atoms with Gasteiger partial charge >= 0.3 is 5.97 Å². The van der Waals surface area contributed by atoms with Gasteiger partial charge in [0.1, 0.15) is 6.04 Å². The fourth-order valence-corrected chi connectivity index (χ4v) is 2.10. The van der Waals surface area contributed by atoms with Crippen molar-refractivity contribution >= 4 is 11.9 Å². The number of carboxylic acids is 1. The van der Waals surface area contributed by atoms with Crippen LogP contribution in [0.3, 0.4) is 0 Å². The number of benzene rings is 1. The molecule has 116 valence electrons. The normalized spacial score (nSPS) is 15.0. The molecule has 0 aromatic heterocycles. The summed E-state index contributed by atoms with van der Waals surface area (Å²) in [6.45, 7) is 3.69. The van der Waals surface area contributed by atoms with Crippen LogP contribution < -0.4 is 11.1 Å². The molecule has 0 heterocycles. The van der Waals surface area contributed by atoms with Crippen LogP contribution >= 0.6 is 0 Å². The summed E-state index contributed by atoms with van der Waals surface area (Å²) >= 11 is 0. The zero-order chi connectivity index (χ0) is 15.8. The third-order valence-corrected chi connectivity index (χ3v) is 3.60. The number of carbonyl (C=O) groups excluding carboxylic acids is 1. The Morgan fingerprint density at radius 1 is 1.29 bits per heavy atom. The molecule has 0 saturated heterocycles. The van der Waals surface area contributed by atoms with Gasteiger partial charge in [-0.2, -0.15) is 0 Å². The maximum atomic E-state index is 12.2. The van der Waals surface area contributed by atoms with Gasteiger partial charge in [-0.25, -0.2) is 4.79 Å². The Morgan fingerprint density at radius 2 is 1.90 bits per heavy atom. The number of rotatable bonds is 8. The molecule has 0 spiro atoms. The predicted molar refractivity (Wildman–Crippen MR) is 81.6 cm³/mol. The van der Waals surface area contributed by atoms with Crippen molar-refractivity contribution in [1.29, 1.82) is 0 Å². The van der Waals surface area contributed by atoms with Crippen LogP contribution in [0, 0.1) is 5.92 Å². The van der Waals surface area contributed by atoms with E-state index in [2.05, 4.69) is 5.32 Å².